The van der Waals surface area contributed by atoms with Crippen LogP contribution in [0.3, 0.4) is 0 Å². The van der Waals surface area contributed by atoms with Crippen LogP contribution in [0.2, 0.25) is 0 Å². The molecule has 0 aromatic heterocycles. The molecule has 2 rings (SSSR count). The SMILES string of the molecule is CCOC1CCCN(Cc2ccccc2Br)C1. The fraction of sp³-hybridized carbons (Fsp3) is 0.571. The Balaban J connectivity index is 1.92. The van der Waals surface area contributed by atoms with Gasteiger partial charge in [-0.1, -0.05) is 34.1 Å². The van der Waals surface area contributed by atoms with Crippen LogP contribution in [0.25, 0.3) is 0 Å². The summed E-state index contributed by atoms with van der Waals surface area (Å²) in [5.74, 6) is 0. The summed E-state index contributed by atoms with van der Waals surface area (Å²) in [6, 6.07) is 8.46. The quantitative estimate of drug-likeness (QED) is 0.844. The van der Waals surface area contributed by atoms with Gasteiger partial charge >= 0.3 is 0 Å². The summed E-state index contributed by atoms with van der Waals surface area (Å²) in [5.41, 5.74) is 1.37. The predicted molar refractivity (Wildman–Crippen MR) is 74.1 cm³/mol. The first-order valence-corrected chi connectivity index (χ1v) is 7.16. The van der Waals surface area contributed by atoms with Crippen molar-refractivity contribution in [3.8, 4) is 0 Å². The van der Waals surface area contributed by atoms with Crippen LogP contribution < -0.4 is 0 Å². The smallest absolute Gasteiger partial charge is 0.0702 e. The minimum absolute atomic E-state index is 0.427. The maximum absolute atomic E-state index is 5.73. The molecule has 0 aliphatic carbocycles. The molecule has 0 saturated carbocycles. The molecule has 1 aliphatic heterocycles. The molecular weight excluding hydrogens is 278 g/mol. The molecule has 0 radical (unpaired) electrons. The van der Waals surface area contributed by atoms with Gasteiger partial charge in [0.2, 0.25) is 0 Å². The van der Waals surface area contributed by atoms with E-state index in [4.69, 9.17) is 4.74 Å². The summed E-state index contributed by atoms with van der Waals surface area (Å²) < 4.78 is 6.93. The topological polar surface area (TPSA) is 12.5 Å². The van der Waals surface area contributed by atoms with E-state index in [2.05, 4.69) is 52.0 Å². The molecule has 1 heterocycles. The van der Waals surface area contributed by atoms with Gasteiger partial charge in [-0.3, -0.25) is 4.90 Å². The Bertz CT molecular complexity index is 354. The van der Waals surface area contributed by atoms with Crippen LogP contribution in [-0.2, 0) is 11.3 Å². The minimum Gasteiger partial charge on any atom is -0.377 e. The van der Waals surface area contributed by atoms with Crippen molar-refractivity contribution in [3.63, 3.8) is 0 Å². The standard InChI is InChI=1S/C14H20BrNO/c1-2-17-13-7-5-9-16(11-13)10-12-6-3-4-8-14(12)15/h3-4,6,8,13H,2,5,7,9-11H2,1H3. The van der Waals surface area contributed by atoms with Crippen molar-refractivity contribution in [1.82, 2.24) is 4.90 Å². The maximum Gasteiger partial charge on any atom is 0.0702 e. The number of halogens is 1. The van der Waals surface area contributed by atoms with Crippen molar-refractivity contribution in [2.75, 3.05) is 19.7 Å². The van der Waals surface area contributed by atoms with E-state index in [1.165, 1.54) is 29.4 Å². The normalized spacial score (nSPS) is 21.6. The van der Waals surface area contributed by atoms with Crippen molar-refractivity contribution in [1.29, 1.82) is 0 Å². The Morgan fingerprint density at radius 3 is 3.00 bits per heavy atom. The Hall–Kier alpha value is -0.380. The molecule has 0 spiro atoms. The van der Waals surface area contributed by atoms with Crippen LogP contribution in [0.5, 0.6) is 0 Å². The Morgan fingerprint density at radius 1 is 1.41 bits per heavy atom. The van der Waals surface area contributed by atoms with E-state index >= 15 is 0 Å². The molecule has 0 amide bonds. The maximum atomic E-state index is 5.73. The van der Waals surface area contributed by atoms with Crippen molar-refractivity contribution in [2.45, 2.75) is 32.4 Å². The predicted octanol–water partition coefficient (Wildman–Crippen LogP) is 3.45. The molecule has 1 saturated heterocycles. The fourth-order valence-corrected chi connectivity index (χ4v) is 2.81. The largest absolute Gasteiger partial charge is 0.377 e. The molecular formula is C14H20BrNO. The second-order valence-electron chi connectivity index (χ2n) is 4.55. The molecule has 94 valence electrons. The van der Waals surface area contributed by atoms with Gasteiger partial charge in [0.05, 0.1) is 6.10 Å². The van der Waals surface area contributed by atoms with Gasteiger partial charge < -0.3 is 4.74 Å². The summed E-state index contributed by atoms with van der Waals surface area (Å²) >= 11 is 3.61. The third-order valence-corrected chi connectivity index (χ3v) is 3.99. The molecule has 1 fully saturated rings. The van der Waals surface area contributed by atoms with Gasteiger partial charge in [-0.25, -0.2) is 0 Å². The molecule has 1 aromatic carbocycles. The highest BCUT2D eigenvalue weighted by molar-refractivity contribution is 9.10. The molecule has 0 N–H and O–H groups in total. The number of piperidine rings is 1. The summed E-state index contributed by atoms with van der Waals surface area (Å²) in [5, 5.41) is 0. The Morgan fingerprint density at radius 2 is 2.24 bits per heavy atom. The average Bonchev–Trinajstić information content (AvgIpc) is 2.33. The lowest BCUT2D eigenvalue weighted by atomic mass is 10.1. The van der Waals surface area contributed by atoms with E-state index < -0.39 is 0 Å². The van der Waals surface area contributed by atoms with Crippen LogP contribution in [0.4, 0.5) is 0 Å². The summed E-state index contributed by atoms with van der Waals surface area (Å²) in [4.78, 5) is 2.49. The second kappa shape index (κ2) is 6.53. The first-order chi connectivity index (χ1) is 8.29. The lowest BCUT2D eigenvalue weighted by molar-refractivity contribution is 0.00358. The Labute approximate surface area is 112 Å². The molecule has 3 heteroatoms. The lowest BCUT2D eigenvalue weighted by Gasteiger charge is -2.32. The highest BCUT2D eigenvalue weighted by atomic mass is 79.9. The molecule has 2 nitrogen and oxygen atoms in total. The number of nitrogens with zero attached hydrogens (tertiary/aromatic N) is 1. The molecule has 1 aromatic rings. The van der Waals surface area contributed by atoms with Crippen LogP contribution in [0, 0.1) is 0 Å². The van der Waals surface area contributed by atoms with Crippen molar-refractivity contribution < 1.29 is 4.74 Å². The zero-order valence-corrected chi connectivity index (χ0v) is 11.9. The summed E-state index contributed by atoms with van der Waals surface area (Å²) in [7, 11) is 0. The number of hydrogen-bond donors (Lipinski definition) is 0. The molecule has 17 heavy (non-hydrogen) atoms. The Kier molecular flexibility index (Phi) is 5.01. The van der Waals surface area contributed by atoms with Gasteiger partial charge in [-0.15, -0.1) is 0 Å². The van der Waals surface area contributed by atoms with E-state index in [0.717, 1.165) is 19.7 Å². The van der Waals surface area contributed by atoms with Gasteiger partial charge in [-0.05, 0) is 37.9 Å². The van der Waals surface area contributed by atoms with Gasteiger partial charge in [0, 0.05) is 24.2 Å². The first kappa shape index (κ1) is 13.1. The van der Waals surface area contributed by atoms with Crippen molar-refractivity contribution >= 4 is 15.9 Å². The van der Waals surface area contributed by atoms with E-state index in [1.807, 2.05) is 0 Å². The van der Waals surface area contributed by atoms with Crippen LogP contribution in [0.15, 0.2) is 28.7 Å². The van der Waals surface area contributed by atoms with Gasteiger partial charge in [-0.2, -0.15) is 0 Å². The monoisotopic (exact) mass is 297 g/mol. The van der Waals surface area contributed by atoms with E-state index in [0.29, 0.717) is 6.10 Å². The van der Waals surface area contributed by atoms with Crippen molar-refractivity contribution in [3.05, 3.63) is 34.3 Å². The van der Waals surface area contributed by atoms with Crippen molar-refractivity contribution in [2.24, 2.45) is 0 Å². The summed E-state index contributed by atoms with van der Waals surface area (Å²) in [6.45, 7) is 6.17. The van der Waals surface area contributed by atoms with E-state index in [1.54, 1.807) is 0 Å². The number of rotatable bonds is 4. The third kappa shape index (κ3) is 3.80. The van der Waals surface area contributed by atoms with Gasteiger partial charge in [0.15, 0.2) is 0 Å². The summed E-state index contributed by atoms with van der Waals surface area (Å²) in [6.07, 6.45) is 2.88. The van der Waals surface area contributed by atoms with Gasteiger partial charge in [0.1, 0.15) is 0 Å². The first-order valence-electron chi connectivity index (χ1n) is 6.37. The fourth-order valence-electron chi connectivity index (χ4n) is 2.40. The highest BCUT2D eigenvalue weighted by Gasteiger charge is 2.20. The molecule has 1 unspecified atom stereocenters. The number of ether oxygens (including phenoxy) is 1. The number of hydrogen-bond acceptors (Lipinski definition) is 2. The van der Waals surface area contributed by atoms with Crippen LogP contribution >= 0.6 is 15.9 Å². The van der Waals surface area contributed by atoms with E-state index in [9.17, 15) is 0 Å². The van der Waals surface area contributed by atoms with Gasteiger partial charge in [0.25, 0.3) is 0 Å². The van der Waals surface area contributed by atoms with Crippen LogP contribution in [-0.4, -0.2) is 30.7 Å². The zero-order valence-electron chi connectivity index (χ0n) is 10.4. The van der Waals surface area contributed by atoms with Crippen LogP contribution in [0.1, 0.15) is 25.3 Å². The minimum atomic E-state index is 0.427. The lowest BCUT2D eigenvalue weighted by Crippen LogP contribution is -2.39. The average molecular weight is 298 g/mol. The third-order valence-electron chi connectivity index (χ3n) is 3.22. The second-order valence-corrected chi connectivity index (χ2v) is 5.40. The molecule has 1 atom stereocenters. The molecule has 0 bridgehead atoms. The molecule has 1 aliphatic rings. The van der Waals surface area contributed by atoms with E-state index in [-0.39, 0.29) is 0 Å². The number of benzene rings is 1. The number of likely N-dealkylation sites (tertiary alicyclic amines) is 1. The highest BCUT2D eigenvalue weighted by Crippen LogP contribution is 2.21. The zero-order chi connectivity index (χ0) is 12.1.